The predicted molar refractivity (Wildman–Crippen MR) is 117 cm³/mol. The topological polar surface area (TPSA) is 69.9 Å². The molecule has 2 aromatic carbocycles. The largest absolute Gasteiger partial charge is 0.496 e. The molecule has 0 spiro atoms. The first-order valence-corrected chi connectivity index (χ1v) is 10.4. The van der Waals surface area contributed by atoms with Gasteiger partial charge in [0, 0.05) is 23.6 Å². The van der Waals surface area contributed by atoms with E-state index in [0.717, 1.165) is 16.8 Å². The second-order valence-electron chi connectivity index (χ2n) is 6.63. The number of carbonyl (C=O) groups is 1. The van der Waals surface area contributed by atoms with Gasteiger partial charge >= 0.3 is 0 Å². The molecule has 0 unspecified atom stereocenters. The zero-order chi connectivity index (χ0) is 20.9. The van der Waals surface area contributed by atoms with Crippen molar-refractivity contribution in [3.05, 3.63) is 84.2 Å². The lowest BCUT2D eigenvalue weighted by atomic mass is 10.1. The number of methoxy groups -OCH3 is 1. The van der Waals surface area contributed by atoms with Crippen molar-refractivity contribution in [2.45, 2.75) is 12.1 Å². The quantitative estimate of drug-likeness (QED) is 0.323. The van der Waals surface area contributed by atoms with E-state index >= 15 is 0 Å². The number of ether oxygens (including phenoxy) is 1. The fourth-order valence-corrected chi connectivity index (χ4v) is 3.88. The van der Waals surface area contributed by atoms with Crippen molar-refractivity contribution in [2.24, 2.45) is 0 Å². The van der Waals surface area contributed by atoms with E-state index in [1.807, 2.05) is 60.0 Å². The van der Waals surface area contributed by atoms with Gasteiger partial charge in [-0.25, -0.2) is 0 Å². The Labute approximate surface area is 179 Å². The summed E-state index contributed by atoms with van der Waals surface area (Å²) in [5.74, 6) is 1.60. The van der Waals surface area contributed by atoms with E-state index < -0.39 is 0 Å². The number of aryl methyl sites for hydroxylation is 1. The summed E-state index contributed by atoms with van der Waals surface area (Å²) in [6.45, 7) is 2.04. The van der Waals surface area contributed by atoms with Gasteiger partial charge < -0.3 is 4.74 Å². The molecule has 0 aliphatic rings. The number of pyridine rings is 1. The van der Waals surface area contributed by atoms with Gasteiger partial charge in [-0.3, -0.25) is 14.3 Å². The molecule has 150 valence electrons. The van der Waals surface area contributed by atoms with Gasteiger partial charge in [0.15, 0.2) is 16.8 Å². The average Bonchev–Trinajstić information content (AvgIpc) is 3.22. The minimum atomic E-state index is -0.00889. The van der Waals surface area contributed by atoms with E-state index in [-0.39, 0.29) is 11.5 Å². The zero-order valence-corrected chi connectivity index (χ0v) is 17.5. The average molecular weight is 417 g/mol. The standard InChI is InChI=1S/C23H20N4O2S/c1-16-9-11-18(12-10-16)27-22(19-7-3-4-8-21(19)29-2)25-26-23(27)30-15-20(28)17-6-5-13-24-14-17/h3-14H,15H2,1-2H3. The summed E-state index contributed by atoms with van der Waals surface area (Å²) >= 11 is 1.35. The molecule has 0 saturated heterocycles. The van der Waals surface area contributed by atoms with Gasteiger partial charge in [0.1, 0.15) is 5.75 Å². The minimum absolute atomic E-state index is 0.00889. The van der Waals surface area contributed by atoms with Crippen molar-refractivity contribution in [3.8, 4) is 22.8 Å². The number of ketones is 1. The van der Waals surface area contributed by atoms with E-state index in [1.54, 1.807) is 31.6 Å². The fourth-order valence-electron chi connectivity index (χ4n) is 3.03. The van der Waals surface area contributed by atoms with Crippen molar-refractivity contribution in [1.29, 1.82) is 0 Å². The van der Waals surface area contributed by atoms with Crippen LogP contribution in [0.4, 0.5) is 0 Å². The molecule has 0 fully saturated rings. The molecule has 0 saturated carbocycles. The molecule has 0 bridgehead atoms. The van der Waals surface area contributed by atoms with Gasteiger partial charge in [0.05, 0.1) is 18.4 Å². The molecule has 0 aliphatic heterocycles. The number of aromatic nitrogens is 4. The maximum Gasteiger partial charge on any atom is 0.196 e. The monoisotopic (exact) mass is 416 g/mol. The van der Waals surface area contributed by atoms with Crippen LogP contribution in [0.5, 0.6) is 5.75 Å². The van der Waals surface area contributed by atoms with Crippen LogP contribution >= 0.6 is 11.8 Å². The highest BCUT2D eigenvalue weighted by molar-refractivity contribution is 7.99. The van der Waals surface area contributed by atoms with Crippen molar-refractivity contribution in [1.82, 2.24) is 19.7 Å². The molecular weight excluding hydrogens is 396 g/mol. The lowest BCUT2D eigenvalue weighted by Gasteiger charge is -2.12. The molecular formula is C23H20N4O2S. The lowest BCUT2D eigenvalue weighted by Crippen LogP contribution is -2.05. The summed E-state index contributed by atoms with van der Waals surface area (Å²) in [6, 6.07) is 19.3. The molecule has 0 radical (unpaired) electrons. The van der Waals surface area contributed by atoms with E-state index in [1.165, 1.54) is 11.8 Å². The molecule has 7 heteroatoms. The molecule has 0 amide bonds. The fraction of sp³-hybridized carbons (Fsp3) is 0.130. The number of hydrogen-bond donors (Lipinski definition) is 0. The summed E-state index contributed by atoms with van der Waals surface area (Å²) in [5, 5.41) is 9.45. The van der Waals surface area contributed by atoms with E-state index in [0.29, 0.717) is 22.3 Å². The van der Waals surface area contributed by atoms with Crippen LogP contribution in [0.3, 0.4) is 0 Å². The van der Waals surface area contributed by atoms with Gasteiger partial charge in [-0.1, -0.05) is 41.6 Å². The highest BCUT2D eigenvalue weighted by atomic mass is 32.2. The third kappa shape index (κ3) is 4.11. The molecule has 0 atom stereocenters. The molecule has 2 heterocycles. The zero-order valence-electron chi connectivity index (χ0n) is 16.6. The van der Waals surface area contributed by atoms with Gasteiger partial charge in [-0.2, -0.15) is 0 Å². The van der Waals surface area contributed by atoms with Crippen LogP contribution < -0.4 is 4.74 Å². The number of benzene rings is 2. The van der Waals surface area contributed by atoms with Crippen molar-refractivity contribution < 1.29 is 9.53 Å². The Kier molecular flexibility index (Phi) is 5.90. The Morgan fingerprint density at radius 2 is 1.83 bits per heavy atom. The first-order valence-electron chi connectivity index (χ1n) is 9.39. The second-order valence-corrected chi connectivity index (χ2v) is 7.57. The van der Waals surface area contributed by atoms with E-state index in [2.05, 4.69) is 15.2 Å². The van der Waals surface area contributed by atoms with Crippen LogP contribution in [-0.4, -0.2) is 38.4 Å². The Morgan fingerprint density at radius 1 is 1.03 bits per heavy atom. The Balaban J connectivity index is 1.73. The first-order chi connectivity index (χ1) is 14.7. The number of thioether (sulfide) groups is 1. The van der Waals surface area contributed by atoms with Crippen LogP contribution in [0.25, 0.3) is 17.1 Å². The van der Waals surface area contributed by atoms with Gasteiger partial charge in [-0.05, 0) is 43.3 Å². The number of para-hydroxylation sites is 1. The van der Waals surface area contributed by atoms with E-state index in [4.69, 9.17) is 4.74 Å². The van der Waals surface area contributed by atoms with Gasteiger partial charge in [-0.15, -0.1) is 10.2 Å². The third-order valence-corrected chi connectivity index (χ3v) is 5.52. The maximum atomic E-state index is 12.5. The highest BCUT2D eigenvalue weighted by Gasteiger charge is 2.20. The minimum Gasteiger partial charge on any atom is -0.496 e. The van der Waals surface area contributed by atoms with Crippen LogP contribution in [0.15, 0.2) is 78.2 Å². The molecule has 30 heavy (non-hydrogen) atoms. The third-order valence-electron chi connectivity index (χ3n) is 4.59. The lowest BCUT2D eigenvalue weighted by molar-refractivity contribution is 0.102. The number of rotatable bonds is 7. The Morgan fingerprint density at radius 3 is 2.57 bits per heavy atom. The molecule has 6 nitrogen and oxygen atoms in total. The number of nitrogens with zero attached hydrogens (tertiary/aromatic N) is 4. The number of hydrogen-bond acceptors (Lipinski definition) is 6. The highest BCUT2D eigenvalue weighted by Crippen LogP contribution is 2.33. The van der Waals surface area contributed by atoms with Crippen molar-refractivity contribution in [2.75, 3.05) is 12.9 Å². The molecule has 0 N–H and O–H groups in total. The van der Waals surface area contributed by atoms with Crippen LogP contribution in [0.2, 0.25) is 0 Å². The second kappa shape index (κ2) is 8.92. The SMILES string of the molecule is COc1ccccc1-c1nnc(SCC(=O)c2cccnc2)n1-c1ccc(C)cc1. The van der Waals surface area contributed by atoms with Gasteiger partial charge in [0.25, 0.3) is 0 Å². The molecule has 2 aromatic heterocycles. The van der Waals surface area contributed by atoms with Crippen molar-refractivity contribution >= 4 is 17.5 Å². The van der Waals surface area contributed by atoms with Gasteiger partial charge in [0.2, 0.25) is 0 Å². The summed E-state index contributed by atoms with van der Waals surface area (Å²) in [7, 11) is 1.63. The van der Waals surface area contributed by atoms with E-state index in [9.17, 15) is 4.79 Å². The summed E-state index contributed by atoms with van der Waals surface area (Å²) < 4.78 is 7.48. The molecule has 4 rings (SSSR count). The molecule has 4 aromatic rings. The number of carbonyl (C=O) groups excluding carboxylic acids is 1. The summed E-state index contributed by atoms with van der Waals surface area (Å²) in [4.78, 5) is 16.6. The van der Waals surface area contributed by atoms with Crippen molar-refractivity contribution in [3.63, 3.8) is 0 Å². The Hall–Kier alpha value is -3.45. The smallest absolute Gasteiger partial charge is 0.196 e. The van der Waals surface area contributed by atoms with Crippen LogP contribution in [0.1, 0.15) is 15.9 Å². The predicted octanol–water partition coefficient (Wildman–Crippen LogP) is 4.62. The van der Waals surface area contributed by atoms with Crippen LogP contribution in [-0.2, 0) is 0 Å². The first kappa shape index (κ1) is 19.8. The maximum absolute atomic E-state index is 12.5. The number of Topliss-reactive ketones (excluding diaryl/α,β-unsaturated/α-hetero) is 1. The van der Waals surface area contributed by atoms with Crippen LogP contribution in [0, 0.1) is 6.92 Å². The normalized spacial score (nSPS) is 10.7. The Bertz CT molecular complexity index is 1160. The summed E-state index contributed by atoms with van der Waals surface area (Å²) in [6.07, 6.45) is 3.23. The summed E-state index contributed by atoms with van der Waals surface area (Å²) in [5.41, 5.74) is 3.49. The molecule has 0 aliphatic carbocycles.